The number of nitrogens with zero attached hydrogens (tertiary/aromatic N) is 1. The third-order valence-electron chi connectivity index (χ3n) is 2.22. The second-order valence-corrected chi connectivity index (χ2v) is 3.04. The minimum Gasteiger partial charge on any atom is -0.309 e. The lowest BCUT2D eigenvalue weighted by Crippen LogP contribution is -2.49. The lowest BCUT2D eigenvalue weighted by Gasteiger charge is -2.29. The van der Waals surface area contributed by atoms with E-state index in [9.17, 15) is 0 Å². The number of nitrogens with one attached hydrogen (secondary N) is 1. The van der Waals surface area contributed by atoms with E-state index < -0.39 is 6.98 Å². The first-order chi connectivity index (χ1) is 5.55. The van der Waals surface area contributed by atoms with Gasteiger partial charge in [-0.3, -0.25) is 0 Å². The minimum atomic E-state index is -1.89. The van der Waals surface area contributed by atoms with Gasteiger partial charge in [-0.1, -0.05) is 0 Å². The van der Waals surface area contributed by atoms with Crippen LogP contribution in [0.5, 0.6) is 0 Å². The topological polar surface area (TPSA) is 15.3 Å². The van der Waals surface area contributed by atoms with Crippen LogP contribution in [0.3, 0.4) is 0 Å². The molecule has 0 amide bonds. The highest BCUT2D eigenvalue weighted by Gasteiger charge is 2.29. The fourth-order valence-electron chi connectivity index (χ4n) is 1.80. The summed E-state index contributed by atoms with van der Waals surface area (Å²) in [5.41, 5.74) is 0. The van der Waals surface area contributed by atoms with Crippen molar-refractivity contribution in [1.82, 2.24) is 10.2 Å². The molecule has 0 radical (unpaired) electrons. The van der Waals surface area contributed by atoms with E-state index in [2.05, 4.69) is 5.32 Å². The largest absolute Gasteiger partial charge is 0.309 e. The summed E-state index contributed by atoms with van der Waals surface area (Å²) in [5.74, 6) is 0. The molecule has 2 saturated heterocycles. The molecule has 2 nitrogen and oxygen atoms in total. The number of piperazine rings is 1. The molecular weight excluding hydrogens is 112 g/mol. The van der Waals surface area contributed by atoms with Crippen molar-refractivity contribution in [3.63, 3.8) is 0 Å². The molecule has 2 heterocycles. The molecule has 2 bridgehead atoms. The normalized spacial score (nSPS) is 50.0. The predicted octanol–water partition coefficient (Wildman–Crippen LogP) is 0.0524. The maximum Gasteiger partial charge on any atom is 0.0394 e. The van der Waals surface area contributed by atoms with E-state index in [0.717, 1.165) is 12.8 Å². The van der Waals surface area contributed by atoms with Crippen LogP contribution in [0, 0.1) is 0 Å². The van der Waals surface area contributed by atoms with Gasteiger partial charge in [0.2, 0.25) is 0 Å². The number of fused-ring (bicyclic) bond motifs is 2. The lowest BCUT2D eigenvalue weighted by atomic mass is 10.2. The number of hydrogen-bond donors (Lipinski definition) is 1. The van der Waals surface area contributed by atoms with Crippen molar-refractivity contribution in [2.75, 3.05) is 20.1 Å². The summed E-state index contributed by atoms with van der Waals surface area (Å²) in [7, 11) is 0. The molecule has 2 aliphatic rings. The van der Waals surface area contributed by atoms with Gasteiger partial charge in [0, 0.05) is 29.3 Å². The Balaban J connectivity index is 2.03. The Hall–Kier alpha value is -0.0800. The number of rotatable bonds is 0. The zero-order valence-corrected chi connectivity index (χ0v) is 5.43. The van der Waals surface area contributed by atoms with E-state index >= 15 is 0 Å². The first-order valence-electron chi connectivity index (χ1n) is 5.07. The third-order valence-corrected chi connectivity index (χ3v) is 2.22. The van der Waals surface area contributed by atoms with Gasteiger partial charge in [0.15, 0.2) is 0 Å². The second kappa shape index (κ2) is 1.96. The third kappa shape index (κ3) is 0.970. The van der Waals surface area contributed by atoms with Crippen molar-refractivity contribution in [3.8, 4) is 0 Å². The fraction of sp³-hybridized carbons (Fsp3) is 1.00. The van der Waals surface area contributed by atoms with Gasteiger partial charge in [-0.2, -0.15) is 0 Å². The van der Waals surface area contributed by atoms with Crippen LogP contribution in [0.1, 0.15) is 17.0 Å². The quantitative estimate of drug-likeness (QED) is 0.497. The molecule has 9 heavy (non-hydrogen) atoms. The summed E-state index contributed by atoms with van der Waals surface area (Å²) < 4.78 is 21.8. The lowest BCUT2D eigenvalue weighted by molar-refractivity contribution is 0.235. The molecule has 2 atom stereocenters. The van der Waals surface area contributed by atoms with Gasteiger partial charge < -0.3 is 10.2 Å². The monoisotopic (exact) mass is 129 g/mol. The van der Waals surface area contributed by atoms with Gasteiger partial charge >= 0.3 is 0 Å². The standard InChI is InChI=1S/C7H14N2/c1-9-4-6-2-3-7(5-9)8-6/h6-8H,2-5H2,1H3/i1D3. The molecule has 0 saturated carbocycles. The summed E-state index contributed by atoms with van der Waals surface area (Å²) in [6.07, 6.45) is 2.27. The molecule has 52 valence electrons. The van der Waals surface area contributed by atoms with Crippen LogP contribution in [0.2, 0.25) is 0 Å². The molecule has 2 unspecified atom stereocenters. The molecule has 0 spiro atoms. The predicted molar refractivity (Wildman–Crippen MR) is 37.4 cm³/mol. The van der Waals surface area contributed by atoms with Gasteiger partial charge in [0.1, 0.15) is 0 Å². The maximum atomic E-state index is 7.27. The van der Waals surface area contributed by atoms with E-state index in [4.69, 9.17) is 4.11 Å². The molecule has 2 aliphatic heterocycles. The highest BCUT2D eigenvalue weighted by atomic mass is 15.2. The molecule has 0 aromatic carbocycles. The average molecular weight is 129 g/mol. The average Bonchev–Trinajstić information content (AvgIpc) is 2.28. The molecule has 1 N–H and O–H groups in total. The zero-order valence-electron chi connectivity index (χ0n) is 8.43. The van der Waals surface area contributed by atoms with Gasteiger partial charge in [0.05, 0.1) is 0 Å². The SMILES string of the molecule is [2H]C([2H])([2H])N1CC2CCC(C1)N2. The highest BCUT2D eigenvalue weighted by Crippen LogP contribution is 2.18. The summed E-state index contributed by atoms with van der Waals surface area (Å²) in [5, 5.41) is 3.40. The highest BCUT2D eigenvalue weighted by molar-refractivity contribution is 4.91. The van der Waals surface area contributed by atoms with E-state index in [1.54, 1.807) is 4.90 Å². The summed E-state index contributed by atoms with van der Waals surface area (Å²) >= 11 is 0. The van der Waals surface area contributed by atoms with Crippen LogP contribution < -0.4 is 5.32 Å². The van der Waals surface area contributed by atoms with Crippen molar-refractivity contribution in [3.05, 3.63) is 0 Å². The number of likely N-dealkylation sites (N-methyl/N-ethyl adjacent to an activating group) is 1. The molecule has 0 aliphatic carbocycles. The van der Waals surface area contributed by atoms with Gasteiger partial charge in [-0.25, -0.2) is 0 Å². The Bertz CT molecular complexity index is 168. The second-order valence-electron chi connectivity index (χ2n) is 3.04. The van der Waals surface area contributed by atoms with E-state index in [0.29, 0.717) is 25.2 Å². The Morgan fingerprint density at radius 1 is 1.44 bits per heavy atom. The molecule has 2 heteroatoms. The smallest absolute Gasteiger partial charge is 0.0394 e. The van der Waals surface area contributed by atoms with Crippen molar-refractivity contribution >= 4 is 0 Å². The van der Waals surface area contributed by atoms with Crippen LogP contribution in [0.25, 0.3) is 0 Å². The van der Waals surface area contributed by atoms with E-state index in [1.165, 1.54) is 0 Å². The number of hydrogen-bond acceptors (Lipinski definition) is 2. The fourth-order valence-corrected chi connectivity index (χ4v) is 1.80. The van der Waals surface area contributed by atoms with Crippen LogP contribution in [0.15, 0.2) is 0 Å². The molecule has 2 fully saturated rings. The molecule has 0 aromatic rings. The first-order valence-corrected chi connectivity index (χ1v) is 3.57. The summed E-state index contributed by atoms with van der Waals surface area (Å²) in [6, 6.07) is 0.841. The van der Waals surface area contributed by atoms with Crippen molar-refractivity contribution in [2.45, 2.75) is 24.9 Å². The summed E-state index contributed by atoms with van der Waals surface area (Å²) in [4.78, 5) is 1.62. The van der Waals surface area contributed by atoms with Gasteiger partial charge in [-0.15, -0.1) is 0 Å². The molecule has 2 rings (SSSR count). The van der Waals surface area contributed by atoms with Crippen molar-refractivity contribution < 1.29 is 4.11 Å². The Labute approximate surface area is 60.4 Å². The molecule has 0 aromatic heterocycles. The van der Waals surface area contributed by atoms with E-state index in [-0.39, 0.29) is 0 Å². The van der Waals surface area contributed by atoms with E-state index in [1.807, 2.05) is 0 Å². The first kappa shape index (κ1) is 3.35. The van der Waals surface area contributed by atoms with Gasteiger partial charge in [0.25, 0.3) is 0 Å². The zero-order chi connectivity index (χ0) is 8.77. The van der Waals surface area contributed by atoms with Crippen LogP contribution in [0.4, 0.5) is 0 Å². The summed E-state index contributed by atoms with van der Waals surface area (Å²) in [6.45, 7) is -0.511. The number of likely N-dealkylation sites (tertiary alicyclic amines) is 1. The molecular formula is C7H14N2. The Kier molecular flexibility index (Phi) is 0.729. The van der Waals surface area contributed by atoms with Crippen molar-refractivity contribution in [2.24, 2.45) is 0 Å². The van der Waals surface area contributed by atoms with Crippen molar-refractivity contribution in [1.29, 1.82) is 0 Å². The van der Waals surface area contributed by atoms with Crippen LogP contribution in [-0.4, -0.2) is 37.0 Å². The minimum absolute atomic E-state index is 0.421. The van der Waals surface area contributed by atoms with Gasteiger partial charge in [-0.05, 0) is 19.8 Å². The maximum absolute atomic E-state index is 7.27. The Morgan fingerprint density at radius 2 is 2.11 bits per heavy atom. The van der Waals surface area contributed by atoms with Crippen LogP contribution in [-0.2, 0) is 0 Å². The van der Waals surface area contributed by atoms with Crippen LogP contribution >= 0.6 is 0 Å². The Morgan fingerprint density at radius 3 is 2.67 bits per heavy atom.